The largest absolute Gasteiger partial charge is 0.368 e. The zero-order valence-electron chi connectivity index (χ0n) is 10.9. The van der Waals surface area contributed by atoms with Crippen LogP contribution in [0, 0.1) is 11.3 Å². The first-order valence-electron chi connectivity index (χ1n) is 5.96. The molecule has 4 nitrogen and oxygen atoms in total. The Morgan fingerprint density at radius 1 is 1.47 bits per heavy atom. The molecular formula is C13H22N2O2. The summed E-state index contributed by atoms with van der Waals surface area (Å²) in [5, 5.41) is 0. The zero-order valence-corrected chi connectivity index (χ0v) is 10.9. The van der Waals surface area contributed by atoms with Gasteiger partial charge in [0.15, 0.2) is 0 Å². The fourth-order valence-corrected chi connectivity index (χ4v) is 2.14. The lowest BCUT2D eigenvalue weighted by molar-refractivity contribution is -0.138. The maximum Gasteiger partial charge on any atom is 0.240 e. The average Bonchev–Trinajstić information content (AvgIpc) is 2.58. The molecule has 2 atom stereocenters. The standard InChI is InChI=1S/C13H22N2O2/c1-5-9-6-10(12(14)17)15(8-9)11(16)7-13(2,3)4/h5,9-10H,1,6-8H2,2-4H3,(H2,14,17). The van der Waals surface area contributed by atoms with Crippen molar-refractivity contribution < 1.29 is 9.59 Å². The molecule has 4 heteroatoms. The van der Waals surface area contributed by atoms with E-state index in [1.54, 1.807) is 11.0 Å². The van der Waals surface area contributed by atoms with E-state index in [4.69, 9.17) is 5.73 Å². The van der Waals surface area contributed by atoms with E-state index in [2.05, 4.69) is 6.58 Å². The summed E-state index contributed by atoms with van der Waals surface area (Å²) in [6.45, 7) is 10.3. The molecule has 0 saturated carbocycles. The number of primary amides is 1. The molecule has 1 rings (SSSR count). The van der Waals surface area contributed by atoms with Crippen LogP contribution in [0.3, 0.4) is 0 Å². The van der Waals surface area contributed by atoms with Gasteiger partial charge < -0.3 is 10.6 Å². The topological polar surface area (TPSA) is 63.4 Å². The van der Waals surface area contributed by atoms with Crippen LogP contribution in [0.25, 0.3) is 0 Å². The second kappa shape index (κ2) is 4.90. The molecule has 0 spiro atoms. The molecular weight excluding hydrogens is 216 g/mol. The maximum atomic E-state index is 12.1. The molecule has 0 bridgehead atoms. The molecule has 1 fully saturated rings. The minimum Gasteiger partial charge on any atom is -0.368 e. The summed E-state index contributed by atoms with van der Waals surface area (Å²) in [5.74, 6) is -0.237. The molecule has 0 aromatic rings. The van der Waals surface area contributed by atoms with E-state index >= 15 is 0 Å². The Bertz CT molecular complexity index is 331. The third-order valence-corrected chi connectivity index (χ3v) is 3.00. The van der Waals surface area contributed by atoms with E-state index < -0.39 is 11.9 Å². The number of rotatable bonds is 3. The highest BCUT2D eigenvalue weighted by Gasteiger charge is 2.38. The normalized spacial score (nSPS) is 24.8. The number of nitrogens with zero attached hydrogens (tertiary/aromatic N) is 1. The molecule has 0 aliphatic carbocycles. The Balaban J connectivity index is 2.77. The third kappa shape index (κ3) is 3.58. The summed E-state index contributed by atoms with van der Waals surface area (Å²) >= 11 is 0. The highest BCUT2D eigenvalue weighted by atomic mass is 16.2. The molecule has 0 aromatic heterocycles. The van der Waals surface area contributed by atoms with Crippen LogP contribution in [-0.4, -0.2) is 29.3 Å². The summed E-state index contributed by atoms with van der Waals surface area (Å²) < 4.78 is 0. The minimum atomic E-state index is -0.465. The number of amides is 2. The van der Waals surface area contributed by atoms with Gasteiger partial charge in [-0.1, -0.05) is 26.8 Å². The second-order valence-corrected chi connectivity index (χ2v) is 5.93. The van der Waals surface area contributed by atoms with Crippen molar-refractivity contribution in [3.8, 4) is 0 Å². The van der Waals surface area contributed by atoms with Crippen LogP contribution in [-0.2, 0) is 9.59 Å². The Labute approximate surface area is 103 Å². The first kappa shape index (κ1) is 13.7. The van der Waals surface area contributed by atoms with Gasteiger partial charge in [0.05, 0.1) is 0 Å². The number of nitrogens with two attached hydrogens (primary N) is 1. The quantitative estimate of drug-likeness (QED) is 0.753. The highest BCUT2D eigenvalue weighted by molar-refractivity contribution is 5.87. The van der Waals surface area contributed by atoms with Crippen molar-refractivity contribution in [1.82, 2.24) is 4.90 Å². The predicted octanol–water partition coefficient (Wildman–Crippen LogP) is 1.31. The smallest absolute Gasteiger partial charge is 0.240 e. The number of hydrogen-bond donors (Lipinski definition) is 1. The lowest BCUT2D eigenvalue weighted by Crippen LogP contribution is -2.44. The van der Waals surface area contributed by atoms with Gasteiger partial charge in [0.2, 0.25) is 11.8 Å². The molecule has 1 heterocycles. The van der Waals surface area contributed by atoms with Crippen molar-refractivity contribution in [2.75, 3.05) is 6.54 Å². The Morgan fingerprint density at radius 3 is 2.47 bits per heavy atom. The molecule has 1 aliphatic rings. The van der Waals surface area contributed by atoms with Crippen molar-refractivity contribution in [2.24, 2.45) is 17.1 Å². The Hall–Kier alpha value is -1.32. The van der Waals surface area contributed by atoms with Gasteiger partial charge in [-0.2, -0.15) is 0 Å². The zero-order chi connectivity index (χ0) is 13.2. The molecule has 1 saturated heterocycles. The van der Waals surface area contributed by atoms with Gasteiger partial charge >= 0.3 is 0 Å². The number of carbonyl (C=O) groups is 2. The SMILES string of the molecule is C=CC1CC(C(N)=O)N(C(=O)CC(C)(C)C)C1. The first-order chi connectivity index (χ1) is 7.74. The van der Waals surface area contributed by atoms with Crippen molar-refractivity contribution >= 4 is 11.8 Å². The van der Waals surface area contributed by atoms with Gasteiger partial charge in [0, 0.05) is 13.0 Å². The number of hydrogen-bond acceptors (Lipinski definition) is 2. The van der Waals surface area contributed by atoms with Gasteiger partial charge in [-0.05, 0) is 17.8 Å². The lowest BCUT2D eigenvalue weighted by Gasteiger charge is -2.26. The molecule has 2 N–H and O–H groups in total. The van der Waals surface area contributed by atoms with Crippen molar-refractivity contribution in [1.29, 1.82) is 0 Å². The van der Waals surface area contributed by atoms with Crippen LogP contribution in [0.4, 0.5) is 0 Å². The fraction of sp³-hybridized carbons (Fsp3) is 0.692. The second-order valence-electron chi connectivity index (χ2n) is 5.93. The van der Waals surface area contributed by atoms with E-state index in [-0.39, 0.29) is 17.2 Å². The van der Waals surface area contributed by atoms with Crippen LogP contribution in [0.2, 0.25) is 0 Å². The van der Waals surface area contributed by atoms with Crippen molar-refractivity contribution in [3.05, 3.63) is 12.7 Å². The van der Waals surface area contributed by atoms with Gasteiger partial charge in [0.25, 0.3) is 0 Å². The highest BCUT2D eigenvalue weighted by Crippen LogP contribution is 2.27. The Kier molecular flexibility index (Phi) is 3.96. The van der Waals surface area contributed by atoms with Gasteiger partial charge in [-0.15, -0.1) is 6.58 Å². The van der Waals surface area contributed by atoms with E-state index in [9.17, 15) is 9.59 Å². The summed E-state index contributed by atoms with van der Waals surface area (Å²) in [5.41, 5.74) is 5.26. The lowest BCUT2D eigenvalue weighted by atomic mass is 9.91. The van der Waals surface area contributed by atoms with Crippen LogP contribution in [0.15, 0.2) is 12.7 Å². The van der Waals surface area contributed by atoms with E-state index in [1.807, 2.05) is 20.8 Å². The Morgan fingerprint density at radius 2 is 2.06 bits per heavy atom. The minimum absolute atomic E-state index is 0.00523. The van der Waals surface area contributed by atoms with Crippen molar-refractivity contribution in [3.63, 3.8) is 0 Å². The van der Waals surface area contributed by atoms with E-state index in [0.717, 1.165) is 0 Å². The molecule has 0 aromatic carbocycles. The monoisotopic (exact) mass is 238 g/mol. The maximum absolute atomic E-state index is 12.1. The summed E-state index contributed by atoms with van der Waals surface area (Å²) in [4.78, 5) is 25.1. The van der Waals surface area contributed by atoms with E-state index in [1.165, 1.54) is 0 Å². The summed E-state index contributed by atoms with van der Waals surface area (Å²) in [7, 11) is 0. The van der Waals surface area contributed by atoms with Gasteiger partial charge in [-0.3, -0.25) is 9.59 Å². The predicted molar refractivity (Wildman–Crippen MR) is 67.1 cm³/mol. The summed E-state index contributed by atoms with van der Waals surface area (Å²) in [6, 6.07) is -0.465. The fourth-order valence-electron chi connectivity index (χ4n) is 2.14. The molecule has 0 radical (unpaired) electrons. The first-order valence-corrected chi connectivity index (χ1v) is 5.96. The van der Waals surface area contributed by atoms with Crippen LogP contribution >= 0.6 is 0 Å². The van der Waals surface area contributed by atoms with Gasteiger partial charge in [-0.25, -0.2) is 0 Å². The molecule has 96 valence electrons. The van der Waals surface area contributed by atoms with Crippen LogP contribution in [0.1, 0.15) is 33.6 Å². The molecule has 2 unspecified atom stereocenters. The van der Waals surface area contributed by atoms with Crippen LogP contribution < -0.4 is 5.73 Å². The summed E-state index contributed by atoms with van der Waals surface area (Å²) in [6.07, 6.45) is 2.83. The van der Waals surface area contributed by atoms with Crippen LogP contribution in [0.5, 0.6) is 0 Å². The number of carbonyl (C=O) groups excluding carboxylic acids is 2. The van der Waals surface area contributed by atoms with E-state index in [0.29, 0.717) is 19.4 Å². The third-order valence-electron chi connectivity index (χ3n) is 3.00. The molecule has 1 aliphatic heterocycles. The van der Waals surface area contributed by atoms with Gasteiger partial charge in [0.1, 0.15) is 6.04 Å². The average molecular weight is 238 g/mol. The number of likely N-dealkylation sites (tertiary alicyclic amines) is 1. The molecule has 2 amide bonds. The molecule has 17 heavy (non-hydrogen) atoms. The van der Waals surface area contributed by atoms with Crippen molar-refractivity contribution in [2.45, 2.75) is 39.7 Å².